The number of methoxy groups -OCH3 is 2. The maximum Gasteiger partial charge on any atom is 0.410 e. The molecule has 0 aromatic carbocycles. The number of halogens is 1. The Morgan fingerprint density at radius 3 is 1.97 bits per heavy atom. The topological polar surface area (TPSA) is 90.9 Å². The van der Waals surface area contributed by atoms with Gasteiger partial charge in [0.1, 0.15) is 5.60 Å². The molecule has 0 spiro atoms. The molecule has 0 N–H and O–H groups in total. The van der Waals surface area contributed by atoms with Crippen molar-refractivity contribution in [3.05, 3.63) is 46.7 Å². The molecule has 3 heterocycles. The minimum atomic E-state index is -0.501. The highest BCUT2D eigenvalue weighted by atomic mass is 79.9. The van der Waals surface area contributed by atoms with Crippen LogP contribution in [0.15, 0.2) is 41.1 Å². The molecule has 0 radical (unpaired) electrons. The van der Waals surface area contributed by atoms with Crippen molar-refractivity contribution in [2.45, 2.75) is 39.2 Å². The highest BCUT2D eigenvalue weighted by Gasteiger charge is 2.30. The summed E-state index contributed by atoms with van der Waals surface area (Å²) in [6, 6.07) is 7.09. The number of ketones is 1. The monoisotopic (exact) mass is 507 g/mol. The van der Waals surface area contributed by atoms with Crippen molar-refractivity contribution in [3.8, 4) is 11.8 Å². The SMILES string of the molecule is COc1ccc(Br)cn1.COc1ccc(C(=O)C2CCN(C(=O)OC(C)(C)C)CC2)cn1. The Kier molecular flexibility index (Phi) is 9.43. The molecule has 0 aliphatic carbocycles. The zero-order valence-corrected chi connectivity index (χ0v) is 20.7. The maximum atomic E-state index is 12.5. The van der Waals surface area contributed by atoms with Gasteiger partial charge in [-0.2, -0.15) is 0 Å². The second kappa shape index (κ2) is 11.8. The summed E-state index contributed by atoms with van der Waals surface area (Å²) in [5, 5.41) is 0. The van der Waals surface area contributed by atoms with Gasteiger partial charge in [-0.1, -0.05) is 0 Å². The standard InChI is InChI=1S/C17H24N2O4.C6H6BrNO/c1-17(2,3)23-16(21)19-9-7-12(8-10-19)15(20)13-5-6-14(22-4)18-11-13;1-9-6-3-2-5(7)4-8-6/h5-6,11-12H,7-10H2,1-4H3;2-4H,1H3. The molecule has 1 aliphatic heterocycles. The fourth-order valence-electron chi connectivity index (χ4n) is 3.02. The van der Waals surface area contributed by atoms with Crippen LogP contribution in [0.1, 0.15) is 44.0 Å². The van der Waals surface area contributed by atoms with E-state index in [1.54, 1.807) is 42.6 Å². The number of aromatic nitrogens is 2. The summed E-state index contributed by atoms with van der Waals surface area (Å²) < 4.78 is 16.2. The largest absolute Gasteiger partial charge is 0.481 e. The van der Waals surface area contributed by atoms with Crippen LogP contribution in [-0.4, -0.2) is 59.7 Å². The minimum Gasteiger partial charge on any atom is -0.481 e. The molecule has 1 saturated heterocycles. The van der Waals surface area contributed by atoms with Gasteiger partial charge < -0.3 is 19.1 Å². The minimum absolute atomic E-state index is 0.0731. The number of carbonyl (C=O) groups is 2. The van der Waals surface area contributed by atoms with Crippen LogP contribution in [0.5, 0.6) is 11.8 Å². The van der Waals surface area contributed by atoms with E-state index >= 15 is 0 Å². The van der Waals surface area contributed by atoms with E-state index < -0.39 is 5.60 Å². The summed E-state index contributed by atoms with van der Waals surface area (Å²) in [4.78, 5) is 34.2. The zero-order valence-electron chi connectivity index (χ0n) is 19.1. The van der Waals surface area contributed by atoms with Gasteiger partial charge in [0.15, 0.2) is 5.78 Å². The van der Waals surface area contributed by atoms with Gasteiger partial charge in [-0.15, -0.1) is 0 Å². The van der Waals surface area contributed by atoms with Crippen molar-refractivity contribution in [1.82, 2.24) is 14.9 Å². The molecule has 0 bridgehead atoms. The van der Waals surface area contributed by atoms with E-state index in [1.165, 1.54) is 7.11 Å². The maximum absolute atomic E-state index is 12.5. The Morgan fingerprint density at radius 2 is 1.53 bits per heavy atom. The molecule has 0 saturated carbocycles. The molecule has 2 aromatic rings. The van der Waals surface area contributed by atoms with Crippen LogP contribution in [0.3, 0.4) is 0 Å². The summed E-state index contributed by atoms with van der Waals surface area (Å²) in [6.45, 7) is 6.61. The van der Waals surface area contributed by atoms with Crippen LogP contribution in [0, 0.1) is 5.92 Å². The molecule has 174 valence electrons. The van der Waals surface area contributed by atoms with Crippen LogP contribution in [-0.2, 0) is 4.74 Å². The fraction of sp³-hybridized carbons (Fsp3) is 0.478. The van der Waals surface area contributed by atoms with E-state index in [-0.39, 0.29) is 17.8 Å². The van der Waals surface area contributed by atoms with Gasteiger partial charge in [0, 0.05) is 53.6 Å². The molecule has 2 aromatic heterocycles. The van der Waals surface area contributed by atoms with Crippen LogP contribution < -0.4 is 9.47 Å². The quantitative estimate of drug-likeness (QED) is 0.550. The van der Waals surface area contributed by atoms with Gasteiger partial charge in [0.25, 0.3) is 0 Å². The van der Waals surface area contributed by atoms with Crippen LogP contribution >= 0.6 is 15.9 Å². The van der Waals surface area contributed by atoms with Crippen LogP contribution in [0.25, 0.3) is 0 Å². The van der Waals surface area contributed by atoms with Gasteiger partial charge in [0.05, 0.1) is 14.2 Å². The third-order valence-corrected chi connectivity index (χ3v) is 5.13. The number of carbonyl (C=O) groups excluding carboxylic acids is 2. The van der Waals surface area contributed by atoms with Crippen molar-refractivity contribution in [2.75, 3.05) is 27.3 Å². The van der Waals surface area contributed by atoms with Crippen molar-refractivity contribution < 1.29 is 23.8 Å². The van der Waals surface area contributed by atoms with E-state index in [4.69, 9.17) is 14.2 Å². The smallest absolute Gasteiger partial charge is 0.410 e. The first-order valence-corrected chi connectivity index (χ1v) is 11.1. The zero-order chi connectivity index (χ0) is 23.7. The normalized spacial score (nSPS) is 14.1. The number of hydrogen-bond donors (Lipinski definition) is 0. The summed E-state index contributed by atoms with van der Waals surface area (Å²) in [6.07, 6.45) is 4.21. The highest BCUT2D eigenvalue weighted by molar-refractivity contribution is 9.10. The van der Waals surface area contributed by atoms with Gasteiger partial charge >= 0.3 is 6.09 Å². The Bertz CT molecular complexity index is 874. The lowest BCUT2D eigenvalue weighted by Gasteiger charge is -2.32. The number of hydrogen-bond acceptors (Lipinski definition) is 7. The predicted molar refractivity (Wildman–Crippen MR) is 124 cm³/mol. The molecule has 8 nitrogen and oxygen atoms in total. The molecule has 3 rings (SSSR count). The summed E-state index contributed by atoms with van der Waals surface area (Å²) >= 11 is 3.26. The lowest BCUT2D eigenvalue weighted by Crippen LogP contribution is -2.43. The van der Waals surface area contributed by atoms with Crippen molar-refractivity contribution in [2.24, 2.45) is 5.92 Å². The first kappa shape index (κ1) is 25.6. The first-order chi connectivity index (χ1) is 15.1. The van der Waals surface area contributed by atoms with Gasteiger partial charge in [0.2, 0.25) is 11.8 Å². The number of amides is 1. The molecular formula is C23H30BrN3O5. The summed E-state index contributed by atoms with van der Waals surface area (Å²) in [7, 11) is 3.13. The molecule has 0 atom stereocenters. The molecular weight excluding hydrogens is 478 g/mol. The van der Waals surface area contributed by atoms with Gasteiger partial charge in [-0.25, -0.2) is 14.8 Å². The van der Waals surface area contributed by atoms with E-state index in [0.29, 0.717) is 43.3 Å². The average molecular weight is 508 g/mol. The molecule has 32 heavy (non-hydrogen) atoms. The van der Waals surface area contributed by atoms with E-state index in [0.717, 1.165) is 4.47 Å². The van der Waals surface area contributed by atoms with Crippen molar-refractivity contribution >= 4 is 27.8 Å². The number of pyridine rings is 2. The molecule has 9 heteroatoms. The third-order valence-electron chi connectivity index (χ3n) is 4.66. The number of likely N-dealkylation sites (tertiary alicyclic amines) is 1. The number of rotatable bonds is 4. The number of nitrogens with zero attached hydrogens (tertiary/aromatic N) is 3. The van der Waals surface area contributed by atoms with Gasteiger partial charge in [-0.05, 0) is 61.7 Å². The lowest BCUT2D eigenvalue weighted by molar-refractivity contribution is 0.0182. The Morgan fingerprint density at radius 1 is 0.969 bits per heavy atom. The second-order valence-electron chi connectivity index (χ2n) is 8.21. The van der Waals surface area contributed by atoms with E-state index in [1.807, 2.05) is 26.8 Å². The van der Waals surface area contributed by atoms with Crippen LogP contribution in [0.4, 0.5) is 4.79 Å². The number of piperidine rings is 1. The second-order valence-corrected chi connectivity index (χ2v) is 9.13. The Hall–Kier alpha value is -2.68. The molecule has 0 unspecified atom stereocenters. The average Bonchev–Trinajstić information content (AvgIpc) is 2.78. The fourth-order valence-corrected chi connectivity index (χ4v) is 3.25. The first-order valence-electron chi connectivity index (χ1n) is 10.3. The summed E-state index contributed by atoms with van der Waals surface area (Å²) in [5.74, 6) is 1.12. The van der Waals surface area contributed by atoms with E-state index in [2.05, 4.69) is 25.9 Å². The summed E-state index contributed by atoms with van der Waals surface area (Å²) in [5.41, 5.74) is 0.0833. The molecule has 1 amide bonds. The highest BCUT2D eigenvalue weighted by Crippen LogP contribution is 2.23. The number of Topliss-reactive ketones (excluding diaryl/α,β-unsaturated/α-hetero) is 1. The van der Waals surface area contributed by atoms with Crippen molar-refractivity contribution in [1.29, 1.82) is 0 Å². The van der Waals surface area contributed by atoms with Gasteiger partial charge in [-0.3, -0.25) is 4.79 Å². The van der Waals surface area contributed by atoms with Crippen molar-refractivity contribution in [3.63, 3.8) is 0 Å². The van der Waals surface area contributed by atoms with E-state index in [9.17, 15) is 9.59 Å². The molecule has 1 aliphatic rings. The third kappa shape index (κ3) is 8.11. The Labute approximate surface area is 197 Å². The molecule has 1 fully saturated rings. The number of ether oxygens (including phenoxy) is 3. The lowest BCUT2D eigenvalue weighted by atomic mass is 9.89. The Balaban J connectivity index is 0.000000336. The predicted octanol–water partition coefficient (Wildman–Crippen LogP) is 4.77. The van der Waals surface area contributed by atoms with Crippen LogP contribution in [0.2, 0.25) is 0 Å².